The Balaban J connectivity index is 4.05. The number of nitrogens with one attached hydrogen (secondary N) is 2. The summed E-state index contributed by atoms with van der Waals surface area (Å²) in [6, 6.07) is 0. The number of nitrogens with two attached hydrogens (primary N) is 1. The predicted octanol–water partition coefficient (Wildman–Crippen LogP) is 0.325. The average Bonchev–Trinajstić information content (AvgIpc) is 2.02. The smallest absolute Gasteiger partial charge is 0.335 e. The van der Waals surface area contributed by atoms with Crippen LogP contribution in [0.1, 0.15) is 20.3 Å². The second-order valence-corrected chi connectivity index (χ2v) is 2.64. The summed E-state index contributed by atoms with van der Waals surface area (Å²) >= 11 is 0. The van der Waals surface area contributed by atoms with Crippen molar-refractivity contribution in [1.82, 2.24) is 5.32 Å². The van der Waals surface area contributed by atoms with E-state index in [-0.39, 0.29) is 5.96 Å². The molecule has 0 aromatic rings. The van der Waals surface area contributed by atoms with Gasteiger partial charge in [-0.15, -0.1) is 0 Å². The lowest BCUT2D eigenvalue weighted by molar-refractivity contribution is -0.145. The van der Waals surface area contributed by atoms with Crippen LogP contribution < -0.4 is 11.1 Å². The van der Waals surface area contributed by atoms with Gasteiger partial charge in [0.1, 0.15) is 0 Å². The third kappa shape index (κ3) is 4.84. The van der Waals surface area contributed by atoms with Crippen molar-refractivity contribution in [2.75, 3.05) is 0 Å². The SMILES string of the molecule is C=C(C)C(=O)OC(CC)NC(=N)N. The molecule has 0 aliphatic carbocycles. The van der Waals surface area contributed by atoms with E-state index in [1.165, 1.54) is 0 Å². The molecular formula is C8H15N3O2. The Labute approximate surface area is 77.5 Å². The third-order valence-corrected chi connectivity index (χ3v) is 1.29. The molecule has 0 amide bonds. The molecule has 0 radical (unpaired) electrons. The summed E-state index contributed by atoms with van der Waals surface area (Å²) < 4.78 is 4.90. The van der Waals surface area contributed by atoms with Crippen LogP contribution in [0.25, 0.3) is 0 Å². The van der Waals surface area contributed by atoms with E-state index in [0.29, 0.717) is 12.0 Å². The Hall–Kier alpha value is -1.52. The second kappa shape index (κ2) is 5.18. The van der Waals surface area contributed by atoms with Gasteiger partial charge >= 0.3 is 5.97 Å². The van der Waals surface area contributed by atoms with Crippen LogP contribution in [0.2, 0.25) is 0 Å². The van der Waals surface area contributed by atoms with Crippen LogP contribution in [0.15, 0.2) is 12.2 Å². The summed E-state index contributed by atoms with van der Waals surface area (Å²) in [5.74, 6) is -0.707. The van der Waals surface area contributed by atoms with Crippen molar-refractivity contribution >= 4 is 11.9 Å². The molecule has 0 aliphatic rings. The fourth-order valence-corrected chi connectivity index (χ4v) is 0.618. The lowest BCUT2D eigenvalue weighted by Crippen LogP contribution is -2.41. The number of rotatable bonds is 4. The quantitative estimate of drug-likeness (QED) is 0.193. The minimum Gasteiger partial charge on any atom is -0.438 e. The van der Waals surface area contributed by atoms with Crippen LogP contribution >= 0.6 is 0 Å². The molecule has 74 valence electrons. The molecule has 1 unspecified atom stereocenters. The van der Waals surface area contributed by atoms with Crippen LogP contribution in [0, 0.1) is 5.41 Å². The molecule has 0 aliphatic heterocycles. The first kappa shape index (κ1) is 11.5. The second-order valence-electron chi connectivity index (χ2n) is 2.64. The van der Waals surface area contributed by atoms with Crippen LogP contribution in [0.5, 0.6) is 0 Å². The van der Waals surface area contributed by atoms with Gasteiger partial charge in [0.15, 0.2) is 12.2 Å². The van der Waals surface area contributed by atoms with Gasteiger partial charge in [0.25, 0.3) is 0 Å². The maximum atomic E-state index is 11.0. The molecular weight excluding hydrogens is 170 g/mol. The number of hydrogen-bond donors (Lipinski definition) is 3. The highest BCUT2D eigenvalue weighted by Gasteiger charge is 2.12. The maximum Gasteiger partial charge on any atom is 0.335 e. The summed E-state index contributed by atoms with van der Waals surface area (Å²) in [4.78, 5) is 11.0. The van der Waals surface area contributed by atoms with E-state index in [1.807, 2.05) is 6.92 Å². The topological polar surface area (TPSA) is 88.2 Å². The van der Waals surface area contributed by atoms with Crippen molar-refractivity contribution in [1.29, 1.82) is 5.41 Å². The molecule has 0 bridgehead atoms. The summed E-state index contributed by atoms with van der Waals surface area (Å²) in [5, 5.41) is 9.42. The summed E-state index contributed by atoms with van der Waals surface area (Å²) in [6.45, 7) is 6.80. The highest BCUT2D eigenvalue weighted by Crippen LogP contribution is 1.99. The largest absolute Gasteiger partial charge is 0.438 e. The van der Waals surface area contributed by atoms with Gasteiger partial charge in [0.05, 0.1) is 0 Å². The van der Waals surface area contributed by atoms with Gasteiger partial charge in [0, 0.05) is 12.0 Å². The fraction of sp³-hybridized carbons (Fsp3) is 0.500. The Kier molecular flexibility index (Phi) is 4.58. The number of carbonyl (C=O) groups excluding carboxylic acids is 1. The zero-order valence-electron chi connectivity index (χ0n) is 7.89. The van der Waals surface area contributed by atoms with Gasteiger partial charge in [-0.1, -0.05) is 13.5 Å². The Morgan fingerprint density at radius 3 is 2.62 bits per heavy atom. The molecule has 0 aromatic carbocycles. The van der Waals surface area contributed by atoms with E-state index in [4.69, 9.17) is 15.9 Å². The summed E-state index contributed by atoms with van der Waals surface area (Å²) in [5.41, 5.74) is 5.40. The standard InChI is InChI=1S/C8H15N3O2/c1-4-6(11-8(9)10)13-7(12)5(2)3/h6H,2,4H2,1,3H3,(H4,9,10,11). The highest BCUT2D eigenvalue weighted by molar-refractivity contribution is 5.87. The van der Waals surface area contributed by atoms with Gasteiger partial charge in [-0.3, -0.25) is 5.41 Å². The number of carbonyl (C=O) groups is 1. The van der Waals surface area contributed by atoms with Crippen molar-refractivity contribution < 1.29 is 9.53 Å². The van der Waals surface area contributed by atoms with E-state index >= 15 is 0 Å². The molecule has 4 N–H and O–H groups in total. The summed E-state index contributed by atoms with van der Waals surface area (Å²) in [7, 11) is 0. The lowest BCUT2D eigenvalue weighted by atomic mass is 10.3. The Morgan fingerprint density at radius 1 is 1.77 bits per heavy atom. The normalized spacial score (nSPS) is 11.5. The number of esters is 1. The molecule has 0 heterocycles. The zero-order valence-corrected chi connectivity index (χ0v) is 7.89. The van der Waals surface area contributed by atoms with Crippen LogP contribution in [-0.4, -0.2) is 18.2 Å². The molecule has 0 rings (SSSR count). The molecule has 5 heteroatoms. The first-order valence-electron chi connectivity index (χ1n) is 3.94. The third-order valence-electron chi connectivity index (χ3n) is 1.29. The molecule has 0 spiro atoms. The van der Waals surface area contributed by atoms with Crippen molar-refractivity contribution in [3.8, 4) is 0 Å². The fourth-order valence-electron chi connectivity index (χ4n) is 0.618. The molecule has 0 saturated heterocycles. The molecule has 0 fully saturated rings. The number of hydrogen-bond acceptors (Lipinski definition) is 3. The average molecular weight is 185 g/mol. The van der Waals surface area contributed by atoms with Crippen molar-refractivity contribution in [2.45, 2.75) is 26.5 Å². The minimum atomic E-state index is -0.554. The number of guanidine groups is 1. The van der Waals surface area contributed by atoms with E-state index in [9.17, 15) is 4.79 Å². The predicted molar refractivity (Wildman–Crippen MR) is 50.0 cm³/mol. The molecule has 0 aromatic heterocycles. The highest BCUT2D eigenvalue weighted by atomic mass is 16.6. The first-order chi connectivity index (χ1) is 5.97. The summed E-state index contributed by atoms with van der Waals surface area (Å²) in [6.07, 6.45) is -0.0137. The van der Waals surface area contributed by atoms with Gasteiger partial charge < -0.3 is 15.8 Å². The van der Waals surface area contributed by atoms with E-state index in [0.717, 1.165) is 0 Å². The van der Waals surface area contributed by atoms with Gasteiger partial charge in [-0.2, -0.15) is 0 Å². The van der Waals surface area contributed by atoms with Crippen molar-refractivity contribution in [3.05, 3.63) is 12.2 Å². The van der Waals surface area contributed by atoms with Crippen LogP contribution in [-0.2, 0) is 9.53 Å². The van der Waals surface area contributed by atoms with E-state index < -0.39 is 12.2 Å². The molecule has 1 atom stereocenters. The lowest BCUT2D eigenvalue weighted by Gasteiger charge is -2.17. The first-order valence-corrected chi connectivity index (χ1v) is 3.94. The molecule has 13 heavy (non-hydrogen) atoms. The monoisotopic (exact) mass is 185 g/mol. The van der Waals surface area contributed by atoms with Gasteiger partial charge in [-0.25, -0.2) is 4.79 Å². The van der Waals surface area contributed by atoms with Crippen LogP contribution in [0.4, 0.5) is 0 Å². The minimum absolute atomic E-state index is 0.221. The molecule has 5 nitrogen and oxygen atoms in total. The van der Waals surface area contributed by atoms with Gasteiger partial charge in [0.2, 0.25) is 0 Å². The Morgan fingerprint density at radius 2 is 2.31 bits per heavy atom. The molecule has 0 saturated carbocycles. The van der Waals surface area contributed by atoms with Gasteiger partial charge in [-0.05, 0) is 6.92 Å². The van der Waals surface area contributed by atoms with E-state index in [2.05, 4.69) is 11.9 Å². The van der Waals surface area contributed by atoms with Crippen LogP contribution in [0.3, 0.4) is 0 Å². The van der Waals surface area contributed by atoms with Crippen molar-refractivity contribution in [2.24, 2.45) is 5.73 Å². The number of ether oxygens (including phenoxy) is 1. The zero-order chi connectivity index (χ0) is 10.4. The van der Waals surface area contributed by atoms with Crippen molar-refractivity contribution in [3.63, 3.8) is 0 Å². The Bertz CT molecular complexity index is 225. The van der Waals surface area contributed by atoms with E-state index in [1.54, 1.807) is 6.92 Å². The maximum absolute atomic E-state index is 11.0.